The van der Waals surface area contributed by atoms with Gasteiger partial charge < -0.3 is 4.74 Å². The van der Waals surface area contributed by atoms with Crippen LogP contribution in [0.5, 0.6) is 5.75 Å². The molecule has 0 N–H and O–H groups in total. The van der Waals surface area contributed by atoms with Crippen molar-refractivity contribution in [2.75, 3.05) is 7.11 Å². The zero-order valence-corrected chi connectivity index (χ0v) is 20.0. The number of fused-ring (bicyclic) bond motifs is 1. The van der Waals surface area contributed by atoms with Crippen molar-refractivity contribution in [3.8, 4) is 23.3 Å². The van der Waals surface area contributed by atoms with Crippen molar-refractivity contribution < 1.29 is 4.74 Å². The fourth-order valence-corrected chi connectivity index (χ4v) is 3.95. The van der Waals surface area contributed by atoms with E-state index in [1.54, 1.807) is 30.1 Å². The lowest BCUT2D eigenvalue weighted by Gasteiger charge is -2.14. The molecular formula is C31H23N3O2. The maximum absolute atomic E-state index is 13.6. The van der Waals surface area contributed by atoms with E-state index in [1.165, 1.54) is 0 Å². The molecule has 3 aromatic carbocycles. The normalized spacial score (nSPS) is 10.8. The van der Waals surface area contributed by atoms with E-state index >= 15 is 0 Å². The Bertz CT molecular complexity index is 1690. The van der Waals surface area contributed by atoms with Crippen molar-refractivity contribution in [1.82, 2.24) is 14.5 Å². The molecule has 2 aromatic heterocycles. The summed E-state index contributed by atoms with van der Waals surface area (Å²) in [5.74, 6) is 7.64. The van der Waals surface area contributed by atoms with Gasteiger partial charge in [0.25, 0.3) is 5.56 Å². The predicted octanol–water partition coefficient (Wildman–Crippen LogP) is 5.67. The molecule has 0 unspecified atom stereocenters. The standard InChI is InChI=1S/C31H23N3O2/c1-22-20-24(9-10-25-6-5-19-32-21-25)13-17-29(22)34-30(18-14-23-11-15-26(36-2)16-12-23)33-28-8-4-3-7-27(28)31(34)35/h3-8,11-21H,1-2H3. The summed E-state index contributed by atoms with van der Waals surface area (Å²) in [4.78, 5) is 22.5. The lowest BCUT2D eigenvalue weighted by molar-refractivity contribution is 0.415. The molecule has 5 heteroatoms. The number of hydrogen-bond donors (Lipinski definition) is 0. The smallest absolute Gasteiger partial charge is 0.266 e. The van der Waals surface area contributed by atoms with E-state index in [0.717, 1.165) is 33.7 Å². The molecule has 0 atom stereocenters. The Morgan fingerprint density at radius 3 is 2.44 bits per heavy atom. The van der Waals surface area contributed by atoms with Crippen LogP contribution in [0.4, 0.5) is 0 Å². The van der Waals surface area contributed by atoms with E-state index in [-0.39, 0.29) is 5.56 Å². The quantitative estimate of drug-likeness (QED) is 0.318. The second kappa shape index (κ2) is 10.1. The third-order valence-electron chi connectivity index (χ3n) is 5.79. The molecule has 174 valence electrons. The van der Waals surface area contributed by atoms with E-state index in [2.05, 4.69) is 16.8 Å². The van der Waals surface area contributed by atoms with Crippen LogP contribution in [0.3, 0.4) is 0 Å². The molecule has 0 amide bonds. The number of rotatable bonds is 4. The van der Waals surface area contributed by atoms with E-state index in [9.17, 15) is 4.79 Å². The molecule has 0 spiro atoms. The molecule has 5 aromatic rings. The van der Waals surface area contributed by atoms with Gasteiger partial charge in [0.15, 0.2) is 0 Å². The molecule has 0 aliphatic heterocycles. The summed E-state index contributed by atoms with van der Waals surface area (Å²) in [5, 5.41) is 0.568. The summed E-state index contributed by atoms with van der Waals surface area (Å²) in [6, 6.07) is 24.7. The van der Waals surface area contributed by atoms with Crippen LogP contribution in [0.1, 0.15) is 28.1 Å². The highest BCUT2D eigenvalue weighted by atomic mass is 16.5. The SMILES string of the molecule is COc1ccc(C=Cc2nc3ccccc3c(=O)n2-c2ccc(C#Cc3cccnc3)cc2C)cc1. The van der Waals surface area contributed by atoms with Crippen LogP contribution >= 0.6 is 0 Å². The number of aryl methyl sites for hydroxylation is 1. The Balaban J connectivity index is 1.60. The fourth-order valence-electron chi connectivity index (χ4n) is 3.95. The minimum Gasteiger partial charge on any atom is -0.497 e. The summed E-state index contributed by atoms with van der Waals surface area (Å²) in [5.41, 5.74) is 4.91. The van der Waals surface area contributed by atoms with Crippen molar-refractivity contribution >= 4 is 23.1 Å². The number of aromatic nitrogens is 3. The van der Waals surface area contributed by atoms with E-state index < -0.39 is 0 Å². The Morgan fingerprint density at radius 1 is 0.889 bits per heavy atom. The molecule has 0 fully saturated rings. The van der Waals surface area contributed by atoms with Gasteiger partial charge in [0, 0.05) is 23.5 Å². The lowest BCUT2D eigenvalue weighted by atomic mass is 10.1. The Hall–Kier alpha value is -4.95. The third-order valence-corrected chi connectivity index (χ3v) is 5.79. The number of benzene rings is 3. The van der Waals surface area contributed by atoms with E-state index in [1.807, 2.05) is 91.9 Å². The van der Waals surface area contributed by atoms with Crippen molar-refractivity contribution in [2.24, 2.45) is 0 Å². The molecular weight excluding hydrogens is 446 g/mol. The van der Waals surface area contributed by atoms with E-state index in [0.29, 0.717) is 16.7 Å². The van der Waals surface area contributed by atoms with Crippen molar-refractivity contribution in [1.29, 1.82) is 0 Å². The summed E-state index contributed by atoms with van der Waals surface area (Å²) in [7, 11) is 1.64. The van der Waals surface area contributed by atoms with Gasteiger partial charge in [-0.05, 0) is 78.7 Å². The molecule has 0 saturated carbocycles. The topological polar surface area (TPSA) is 57.0 Å². The van der Waals surface area contributed by atoms with Crippen molar-refractivity contribution in [3.63, 3.8) is 0 Å². The van der Waals surface area contributed by atoms with E-state index in [4.69, 9.17) is 9.72 Å². The van der Waals surface area contributed by atoms with Gasteiger partial charge >= 0.3 is 0 Å². The van der Waals surface area contributed by atoms with Crippen LogP contribution < -0.4 is 10.3 Å². The van der Waals surface area contributed by atoms with Gasteiger partial charge in [0.2, 0.25) is 0 Å². The first kappa shape index (κ1) is 22.8. The molecule has 0 aliphatic rings. The van der Waals surface area contributed by atoms with Gasteiger partial charge in [0.1, 0.15) is 11.6 Å². The monoisotopic (exact) mass is 469 g/mol. The summed E-state index contributed by atoms with van der Waals surface area (Å²) < 4.78 is 6.91. The van der Waals surface area contributed by atoms with Gasteiger partial charge in [-0.3, -0.25) is 14.3 Å². The second-order valence-corrected chi connectivity index (χ2v) is 8.23. The Kier molecular flexibility index (Phi) is 6.42. The molecule has 0 radical (unpaired) electrons. The first-order chi connectivity index (χ1) is 17.6. The lowest BCUT2D eigenvalue weighted by Crippen LogP contribution is -2.23. The number of methoxy groups -OCH3 is 1. The van der Waals surface area contributed by atoms with Crippen LogP contribution in [0.25, 0.3) is 28.7 Å². The zero-order chi connectivity index (χ0) is 24.9. The molecule has 36 heavy (non-hydrogen) atoms. The minimum atomic E-state index is -0.118. The van der Waals surface area contributed by atoms with Gasteiger partial charge in [0.05, 0.1) is 23.7 Å². The van der Waals surface area contributed by atoms with Crippen LogP contribution in [-0.2, 0) is 0 Å². The third kappa shape index (κ3) is 4.79. The van der Waals surface area contributed by atoms with Gasteiger partial charge in [-0.25, -0.2) is 4.98 Å². The average molecular weight is 470 g/mol. The highest BCUT2D eigenvalue weighted by molar-refractivity contribution is 5.80. The molecule has 0 saturated heterocycles. The highest BCUT2D eigenvalue weighted by Gasteiger charge is 2.13. The van der Waals surface area contributed by atoms with Gasteiger partial charge in [-0.2, -0.15) is 0 Å². The van der Waals surface area contributed by atoms with Crippen LogP contribution in [0.15, 0.2) is 96.1 Å². The predicted molar refractivity (Wildman–Crippen MR) is 144 cm³/mol. The largest absolute Gasteiger partial charge is 0.497 e. The molecule has 0 aliphatic carbocycles. The molecule has 0 bridgehead atoms. The number of hydrogen-bond acceptors (Lipinski definition) is 4. The van der Waals surface area contributed by atoms with Crippen LogP contribution in [0.2, 0.25) is 0 Å². The summed E-state index contributed by atoms with van der Waals surface area (Å²) in [6.07, 6.45) is 7.26. The average Bonchev–Trinajstić information content (AvgIpc) is 2.92. The van der Waals surface area contributed by atoms with Crippen molar-refractivity contribution in [3.05, 3.63) is 130 Å². The number of nitrogens with zero attached hydrogens (tertiary/aromatic N) is 3. The second-order valence-electron chi connectivity index (χ2n) is 8.23. The first-order valence-electron chi connectivity index (χ1n) is 11.5. The van der Waals surface area contributed by atoms with Crippen molar-refractivity contribution in [2.45, 2.75) is 6.92 Å². The zero-order valence-electron chi connectivity index (χ0n) is 20.0. The first-order valence-corrected chi connectivity index (χ1v) is 11.5. The highest BCUT2D eigenvalue weighted by Crippen LogP contribution is 2.20. The summed E-state index contributed by atoms with van der Waals surface area (Å²) in [6.45, 7) is 1.98. The number of para-hydroxylation sites is 1. The Labute approximate surface area is 209 Å². The maximum Gasteiger partial charge on any atom is 0.266 e. The van der Waals surface area contributed by atoms with Gasteiger partial charge in [-0.15, -0.1) is 0 Å². The fraction of sp³-hybridized carbons (Fsp3) is 0.0645. The molecule has 5 rings (SSSR count). The maximum atomic E-state index is 13.6. The van der Waals surface area contributed by atoms with Crippen LogP contribution in [-0.4, -0.2) is 21.6 Å². The van der Waals surface area contributed by atoms with Gasteiger partial charge in [-0.1, -0.05) is 42.2 Å². The Morgan fingerprint density at radius 2 is 1.69 bits per heavy atom. The summed E-state index contributed by atoms with van der Waals surface area (Å²) >= 11 is 0. The molecule has 5 nitrogen and oxygen atoms in total. The minimum absolute atomic E-state index is 0.118. The number of ether oxygens (including phenoxy) is 1. The molecule has 2 heterocycles. The number of pyridine rings is 1. The van der Waals surface area contributed by atoms with Crippen LogP contribution in [0, 0.1) is 18.8 Å².